The van der Waals surface area contributed by atoms with Gasteiger partial charge in [0.05, 0.1) is 6.07 Å². The topological polar surface area (TPSA) is 82.4 Å². The number of carbonyl (C=O) groups excluding carboxylic acids is 2. The van der Waals surface area contributed by atoms with Crippen molar-refractivity contribution in [1.29, 1.82) is 5.26 Å². The number of carbonyl (C=O) groups is 2. The van der Waals surface area contributed by atoms with E-state index in [9.17, 15) is 14.9 Å². The van der Waals surface area contributed by atoms with E-state index in [2.05, 4.69) is 11.4 Å². The molecule has 25 heavy (non-hydrogen) atoms. The molecule has 2 rings (SSSR count). The standard InChI is InChI=1S/C19H25N3O3/c1-19(2,3)25-18(24)21-16(12-14-8-5-4-6-9-14)17(23)22-11-7-10-15(22)13-20/h4-6,8-9,15-16H,7,10-12H2,1-3H3,(H,21,24)/t15-,16-/m0/s1. The van der Waals surface area contributed by atoms with E-state index in [1.165, 1.54) is 0 Å². The van der Waals surface area contributed by atoms with Crippen molar-refractivity contribution in [3.05, 3.63) is 35.9 Å². The molecule has 0 unspecified atom stereocenters. The molecule has 0 saturated carbocycles. The number of nitrogens with zero attached hydrogens (tertiary/aromatic N) is 2. The van der Waals surface area contributed by atoms with Gasteiger partial charge in [0.25, 0.3) is 0 Å². The highest BCUT2D eigenvalue weighted by atomic mass is 16.6. The van der Waals surface area contributed by atoms with Crippen LogP contribution < -0.4 is 5.32 Å². The second-order valence-corrected chi connectivity index (χ2v) is 7.21. The Bertz CT molecular complexity index is 646. The van der Waals surface area contributed by atoms with Crippen molar-refractivity contribution in [2.24, 2.45) is 0 Å². The zero-order valence-electron chi connectivity index (χ0n) is 15.0. The van der Waals surface area contributed by atoms with Crippen LogP contribution in [0, 0.1) is 11.3 Å². The molecule has 1 fully saturated rings. The van der Waals surface area contributed by atoms with E-state index >= 15 is 0 Å². The molecule has 6 heteroatoms. The Morgan fingerprint density at radius 1 is 1.36 bits per heavy atom. The first-order valence-electron chi connectivity index (χ1n) is 8.53. The number of hydrogen-bond donors (Lipinski definition) is 1. The molecule has 1 aromatic carbocycles. The molecule has 134 valence electrons. The maximum atomic E-state index is 12.9. The van der Waals surface area contributed by atoms with Crippen LogP contribution in [0.25, 0.3) is 0 Å². The first-order chi connectivity index (χ1) is 11.8. The van der Waals surface area contributed by atoms with Gasteiger partial charge in [0, 0.05) is 13.0 Å². The van der Waals surface area contributed by atoms with Crippen molar-refractivity contribution in [3.8, 4) is 6.07 Å². The van der Waals surface area contributed by atoms with Crippen LogP contribution in [-0.4, -0.2) is 41.1 Å². The highest BCUT2D eigenvalue weighted by molar-refractivity contribution is 5.86. The molecule has 2 atom stereocenters. The van der Waals surface area contributed by atoms with Gasteiger partial charge in [0.2, 0.25) is 5.91 Å². The van der Waals surface area contributed by atoms with Crippen molar-refractivity contribution in [3.63, 3.8) is 0 Å². The Balaban J connectivity index is 2.15. The number of nitrogens with one attached hydrogen (secondary N) is 1. The van der Waals surface area contributed by atoms with Crippen LogP contribution in [0.3, 0.4) is 0 Å². The van der Waals surface area contributed by atoms with Crippen molar-refractivity contribution in [2.45, 2.75) is 57.7 Å². The van der Waals surface area contributed by atoms with E-state index in [-0.39, 0.29) is 5.91 Å². The van der Waals surface area contributed by atoms with E-state index in [0.29, 0.717) is 19.4 Å². The number of amides is 2. The zero-order valence-corrected chi connectivity index (χ0v) is 15.0. The minimum absolute atomic E-state index is 0.237. The van der Waals surface area contributed by atoms with Crippen LogP contribution in [0.4, 0.5) is 4.79 Å². The number of nitriles is 1. The molecule has 0 aromatic heterocycles. The van der Waals surface area contributed by atoms with E-state index in [1.54, 1.807) is 25.7 Å². The Hall–Kier alpha value is -2.55. The van der Waals surface area contributed by atoms with Gasteiger partial charge in [-0.25, -0.2) is 4.79 Å². The van der Waals surface area contributed by atoms with Gasteiger partial charge in [-0.15, -0.1) is 0 Å². The van der Waals surface area contributed by atoms with Crippen LogP contribution in [0.5, 0.6) is 0 Å². The Kier molecular flexibility index (Phi) is 6.02. The molecule has 1 saturated heterocycles. The fourth-order valence-electron chi connectivity index (χ4n) is 2.86. The molecule has 1 N–H and O–H groups in total. The zero-order chi connectivity index (χ0) is 18.4. The number of alkyl carbamates (subject to hydrolysis) is 1. The summed E-state index contributed by atoms with van der Waals surface area (Å²) in [5, 5.41) is 11.9. The summed E-state index contributed by atoms with van der Waals surface area (Å²) in [5.41, 5.74) is 0.289. The Labute approximate surface area is 148 Å². The summed E-state index contributed by atoms with van der Waals surface area (Å²) in [7, 11) is 0. The predicted octanol–water partition coefficient (Wildman–Crippen LogP) is 2.64. The maximum absolute atomic E-state index is 12.9. The lowest BCUT2D eigenvalue weighted by molar-refractivity contribution is -0.133. The van der Waals surface area contributed by atoms with Crippen LogP contribution in [0.1, 0.15) is 39.2 Å². The summed E-state index contributed by atoms with van der Waals surface area (Å²) in [6, 6.07) is 10.5. The van der Waals surface area contributed by atoms with Gasteiger partial charge < -0.3 is 15.0 Å². The number of likely N-dealkylation sites (tertiary alicyclic amines) is 1. The Morgan fingerprint density at radius 2 is 2.04 bits per heavy atom. The number of hydrogen-bond acceptors (Lipinski definition) is 4. The minimum atomic E-state index is -0.758. The lowest BCUT2D eigenvalue weighted by Gasteiger charge is -2.27. The average molecular weight is 343 g/mol. The lowest BCUT2D eigenvalue weighted by atomic mass is 10.0. The number of rotatable bonds is 4. The summed E-state index contributed by atoms with van der Waals surface area (Å²) < 4.78 is 5.29. The van der Waals surface area contributed by atoms with Gasteiger partial charge in [0.1, 0.15) is 17.7 Å². The van der Waals surface area contributed by atoms with Gasteiger partial charge in [0.15, 0.2) is 0 Å². The molecular weight excluding hydrogens is 318 g/mol. The van der Waals surface area contributed by atoms with Crippen molar-refractivity contribution in [2.75, 3.05) is 6.54 Å². The molecule has 6 nitrogen and oxygen atoms in total. The van der Waals surface area contributed by atoms with Crippen LogP contribution in [0.2, 0.25) is 0 Å². The maximum Gasteiger partial charge on any atom is 0.408 e. The fraction of sp³-hybridized carbons (Fsp3) is 0.526. The predicted molar refractivity (Wildman–Crippen MR) is 93.7 cm³/mol. The molecule has 2 amide bonds. The molecule has 0 radical (unpaired) electrons. The second kappa shape index (κ2) is 8.02. The normalized spacial score (nSPS) is 18.3. The van der Waals surface area contributed by atoms with Gasteiger partial charge in [-0.1, -0.05) is 30.3 Å². The van der Waals surface area contributed by atoms with Crippen molar-refractivity contribution < 1.29 is 14.3 Å². The first-order valence-corrected chi connectivity index (χ1v) is 8.53. The molecule has 1 heterocycles. The lowest BCUT2D eigenvalue weighted by Crippen LogP contribution is -2.51. The molecule has 0 aliphatic carbocycles. The van der Waals surface area contributed by atoms with Crippen molar-refractivity contribution >= 4 is 12.0 Å². The van der Waals surface area contributed by atoms with Crippen LogP contribution in [0.15, 0.2) is 30.3 Å². The quantitative estimate of drug-likeness (QED) is 0.911. The summed E-state index contributed by atoms with van der Waals surface area (Å²) >= 11 is 0. The van der Waals surface area contributed by atoms with Crippen LogP contribution >= 0.6 is 0 Å². The number of benzene rings is 1. The molecular formula is C19H25N3O3. The molecule has 1 aliphatic heterocycles. The third-order valence-corrected chi connectivity index (χ3v) is 3.96. The second-order valence-electron chi connectivity index (χ2n) is 7.21. The van der Waals surface area contributed by atoms with E-state index in [0.717, 1.165) is 12.0 Å². The molecule has 1 aliphatic rings. The van der Waals surface area contributed by atoms with E-state index < -0.39 is 23.8 Å². The monoisotopic (exact) mass is 343 g/mol. The summed E-state index contributed by atoms with van der Waals surface area (Å²) in [4.78, 5) is 26.6. The molecule has 0 bridgehead atoms. The Morgan fingerprint density at radius 3 is 2.64 bits per heavy atom. The van der Waals surface area contributed by atoms with Gasteiger partial charge in [-0.05, 0) is 39.2 Å². The fourth-order valence-corrected chi connectivity index (χ4v) is 2.86. The highest BCUT2D eigenvalue weighted by Crippen LogP contribution is 2.19. The molecule has 1 aromatic rings. The third-order valence-electron chi connectivity index (χ3n) is 3.96. The third kappa shape index (κ3) is 5.49. The van der Waals surface area contributed by atoms with Crippen LogP contribution in [-0.2, 0) is 16.0 Å². The number of ether oxygens (including phenoxy) is 1. The van der Waals surface area contributed by atoms with Gasteiger partial charge in [-0.3, -0.25) is 4.79 Å². The SMILES string of the molecule is CC(C)(C)OC(=O)N[C@@H](Cc1ccccc1)C(=O)N1CCC[C@H]1C#N. The highest BCUT2D eigenvalue weighted by Gasteiger charge is 2.34. The average Bonchev–Trinajstić information content (AvgIpc) is 3.01. The van der Waals surface area contributed by atoms with Gasteiger partial charge >= 0.3 is 6.09 Å². The van der Waals surface area contributed by atoms with E-state index in [1.807, 2.05) is 30.3 Å². The smallest absolute Gasteiger partial charge is 0.408 e. The molecule has 0 spiro atoms. The largest absolute Gasteiger partial charge is 0.444 e. The summed E-state index contributed by atoms with van der Waals surface area (Å²) in [5.74, 6) is -0.237. The first kappa shape index (κ1) is 18.8. The summed E-state index contributed by atoms with van der Waals surface area (Å²) in [6.07, 6.45) is 1.20. The van der Waals surface area contributed by atoms with Crippen molar-refractivity contribution in [1.82, 2.24) is 10.2 Å². The summed E-state index contributed by atoms with van der Waals surface area (Å²) in [6.45, 7) is 5.85. The van der Waals surface area contributed by atoms with Gasteiger partial charge in [-0.2, -0.15) is 5.26 Å². The van der Waals surface area contributed by atoms with E-state index in [4.69, 9.17) is 4.74 Å². The minimum Gasteiger partial charge on any atom is -0.444 e.